The molecule has 0 atom stereocenters. The number of carbonyl (C=O) groups excluding carboxylic acids is 1. The van der Waals surface area contributed by atoms with Gasteiger partial charge in [-0.1, -0.05) is 0 Å². The van der Waals surface area contributed by atoms with E-state index in [1.54, 1.807) is 24.0 Å². The summed E-state index contributed by atoms with van der Waals surface area (Å²) in [5, 5.41) is 13.1. The molecule has 0 unspecified atom stereocenters. The molecule has 16 heavy (non-hydrogen) atoms. The molecule has 2 rings (SSSR count). The maximum atomic E-state index is 12.0. The van der Waals surface area contributed by atoms with Crippen LogP contribution in [0.3, 0.4) is 0 Å². The average Bonchev–Trinajstić information content (AvgIpc) is 2.75. The monoisotopic (exact) mass is 223 g/mol. The third-order valence-corrected chi connectivity index (χ3v) is 3.09. The molecular weight excluding hydrogens is 206 g/mol. The fourth-order valence-corrected chi connectivity index (χ4v) is 2.01. The SMILES string of the molecule is Cn1ccc(C(=O)N2CCC(CO)CC2)n1. The molecule has 2 heterocycles. The molecule has 0 saturated carbocycles. The van der Waals surface area contributed by atoms with Crippen LogP contribution in [0, 0.1) is 5.92 Å². The molecule has 1 aromatic rings. The Morgan fingerprint density at radius 1 is 1.56 bits per heavy atom. The van der Waals surface area contributed by atoms with E-state index >= 15 is 0 Å². The Labute approximate surface area is 94.7 Å². The van der Waals surface area contributed by atoms with Crippen LogP contribution < -0.4 is 0 Å². The standard InChI is InChI=1S/C11H17N3O2/c1-13-5-4-10(12-13)11(16)14-6-2-9(8-15)3-7-14/h4-5,9,15H,2-3,6-8H2,1H3. The van der Waals surface area contributed by atoms with Crippen molar-refractivity contribution in [3.05, 3.63) is 18.0 Å². The average molecular weight is 223 g/mol. The molecule has 5 heteroatoms. The number of hydrogen-bond acceptors (Lipinski definition) is 3. The predicted molar refractivity (Wildman–Crippen MR) is 58.9 cm³/mol. The molecule has 1 fully saturated rings. The van der Waals surface area contributed by atoms with Gasteiger partial charge in [0, 0.05) is 32.9 Å². The van der Waals surface area contributed by atoms with Gasteiger partial charge in [-0.3, -0.25) is 9.48 Å². The first kappa shape index (κ1) is 11.1. The second kappa shape index (κ2) is 4.65. The summed E-state index contributed by atoms with van der Waals surface area (Å²) in [7, 11) is 1.80. The lowest BCUT2D eigenvalue weighted by Crippen LogP contribution is -2.39. The van der Waals surface area contributed by atoms with Gasteiger partial charge in [0.25, 0.3) is 5.91 Å². The van der Waals surface area contributed by atoms with Gasteiger partial charge in [0.1, 0.15) is 5.69 Å². The van der Waals surface area contributed by atoms with Crippen LogP contribution in [0.1, 0.15) is 23.3 Å². The smallest absolute Gasteiger partial charge is 0.274 e. The minimum atomic E-state index is -0.00279. The van der Waals surface area contributed by atoms with Crippen LogP contribution in [0.25, 0.3) is 0 Å². The second-order valence-corrected chi connectivity index (χ2v) is 4.29. The highest BCUT2D eigenvalue weighted by molar-refractivity contribution is 5.92. The van der Waals surface area contributed by atoms with E-state index in [-0.39, 0.29) is 12.5 Å². The maximum absolute atomic E-state index is 12.0. The van der Waals surface area contributed by atoms with E-state index in [0.29, 0.717) is 11.6 Å². The molecule has 1 aliphatic heterocycles. The summed E-state index contributed by atoms with van der Waals surface area (Å²) < 4.78 is 1.63. The van der Waals surface area contributed by atoms with Crippen molar-refractivity contribution >= 4 is 5.91 Å². The topological polar surface area (TPSA) is 58.4 Å². The Morgan fingerprint density at radius 3 is 2.75 bits per heavy atom. The van der Waals surface area contributed by atoms with E-state index in [1.807, 2.05) is 4.90 Å². The molecule has 1 aliphatic rings. The Bertz CT molecular complexity index is 367. The van der Waals surface area contributed by atoms with Crippen molar-refractivity contribution in [1.29, 1.82) is 0 Å². The predicted octanol–water partition coefficient (Wildman–Crippen LogP) is 0.265. The van der Waals surface area contributed by atoms with Crippen molar-refractivity contribution in [2.75, 3.05) is 19.7 Å². The third-order valence-electron chi connectivity index (χ3n) is 3.09. The van der Waals surface area contributed by atoms with Crippen LogP contribution in [0.5, 0.6) is 0 Å². The maximum Gasteiger partial charge on any atom is 0.274 e. The van der Waals surface area contributed by atoms with Crippen molar-refractivity contribution < 1.29 is 9.90 Å². The normalized spacial score (nSPS) is 17.8. The van der Waals surface area contributed by atoms with Gasteiger partial charge < -0.3 is 10.0 Å². The van der Waals surface area contributed by atoms with E-state index < -0.39 is 0 Å². The lowest BCUT2D eigenvalue weighted by Gasteiger charge is -2.30. The van der Waals surface area contributed by atoms with Gasteiger partial charge in [-0.15, -0.1) is 0 Å². The number of piperidine rings is 1. The summed E-state index contributed by atoms with van der Waals surface area (Å²) in [6.07, 6.45) is 3.54. The first-order valence-electron chi connectivity index (χ1n) is 5.60. The number of amides is 1. The largest absolute Gasteiger partial charge is 0.396 e. The summed E-state index contributed by atoms with van der Waals surface area (Å²) in [5.74, 6) is 0.352. The molecule has 1 amide bonds. The number of aliphatic hydroxyl groups excluding tert-OH is 1. The number of aromatic nitrogens is 2. The zero-order valence-electron chi connectivity index (χ0n) is 9.46. The Morgan fingerprint density at radius 2 is 2.25 bits per heavy atom. The van der Waals surface area contributed by atoms with Crippen molar-refractivity contribution in [2.45, 2.75) is 12.8 Å². The lowest BCUT2D eigenvalue weighted by molar-refractivity contribution is 0.0644. The van der Waals surface area contributed by atoms with Gasteiger partial charge >= 0.3 is 0 Å². The van der Waals surface area contributed by atoms with Gasteiger partial charge in [-0.25, -0.2) is 0 Å². The van der Waals surface area contributed by atoms with E-state index in [4.69, 9.17) is 5.11 Å². The van der Waals surface area contributed by atoms with Gasteiger partial charge in [-0.2, -0.15) is 5.10 Å². The molecule has 0 aromatic carbocycles. The number of aliphatic hydroxyl groups is 1. The number of aryl methyl sites for hydroxylation is 1. The molecular formula is C11H17N3O2. The van der Waals surface area contributed by atoms with Crippen LogP contribution in [0.4, 0.5) is 0 Å². The summed E-state index contributed by atoms with van der Waals surface area (Å²) >= 11 is 0. The lowest BCUT2D eigenvalue weighted by atomic mass is 9.98. The van der Waals surface area contributed by atoms with Crippen LogP contribution >= 0.6 is 0 Å². The summed E-state index contributed by atoms with van der Waals surface area (Å²) in [6, 6.07) is 1.74. The minimum Gasteiger partial charge on any atom is -0.396 e. The Kier molecular flexibility index (Phi) is 3.24. The van der Waals surface area contributed by atoms with E-state index in [2.05, 4.69) is 5.10 Å². The Balaban J connectivity index is 1.96. The molecule has 0 bridgehead atoms. The van der Waals surface area contributed by atoms with E-state index in [9.17, 15) is 4.79 Å². The molecule has 1 saturated heterocycles. The minimum absolute atomic E-state index is 0.00279. The van der Waals surface area contributed by atoms with Crippen LogP contribution in [-0.4, -0.2) is 45.4 Å². The fraction of sp³-hybridized carbons (Fsp3) is 0.636. The quantitative estimate of drug-likeness (QED) is 0.782. The van der Waals surface area contributed by atoms with Crippen LogP contribution in [0.15, 0.2) is 12.3 Å². The summed E-state index contributed by atoms with van der Waals surface area (Å²) in [4.78, 5) is 13.8. The zero-order valence-corrected chi connectivity index (χ0v) is 9.46. The second-order valence-electron chi connectivity index (χ2n) is 4.29. The van der Waals surface area contributed by atoms with Gasteiger partial charge in [0.05, 0.1) is 0 Å². The van der Waals surface area contributed by atoms with Crippen LogP contribution in [-0.2, 0) is 7.05 Å². The van der Waals surface area contributed by atoms with E-state index in [1.165, 1.54) is 0 Å². The number of likely N-dealkylation sites (tertiary alicyclic amines) is 1. The van der Waals surface area contributed by atoms with Gasteiger partial charge in [0.2, 0.25) is 0 Å². The summed E-state index contributed by atoms with van der Waals surface area (Å²) in [5.41, 5.74) is 0.505. The first-order chi connectivity index (χ1) is 7.70. The van der Waals surface area contributed by atoms with Crippen molar-refractivity contribution in [2.24, 2.45) is 13.0 Å². The van der Waals surface area contributed by atoms with Crippen LogP contribution in [0.2, 0.25) is 0 Å². The molecule has 1 N–H and O–H groups in total. The van der Waals surface area contributed by atoms with Crippen molar-refractivity contribution in [3.63, 3.8) is 0 Å². The highest BCUT2D eigenvalue weighted by atomic mass is 16.3. The van der Waals surface area contributed by atoms with E-state index in [0.717, 1.165) is 25.9 Å². The molecule has 1 aromatic heterocycles. The Hall–Kier alpha value is -1.36. The molecule has 0 radical (unpaired) electrons. The third kappa shape index (κ3) is 2.24. The van der Waals surface area contributed by atoms with Crippen molar-refractivity contribution in [1.82, 2.24) is 14.7 Å². The van der Waals surface area contributed by atoms with Gasteiger partial charge in [0.15, 0.2) is 0 Å². The molecule has 5 nitrogen and oxygen atoms in total. The van der Waals surface area contributed by atoms with Crippen molar-refractivity contribution in [3.8, 4) is 0 Å². The fourth-order valence-electron chi connectivity index (χ4n) is 2.01. The number of nitrogens with zero attached hydrogens (tertiary/aromatic N) is 3. The summed E-state index contributed by atoms with van der Waals surface area (Å²) in [6.45, 7) is 1.67. The first-order valence-corrected chi connectivity index (χ1v) is 5.60. The number of carbonyl (C=O) groups is 1. The number of rotatable bonds is 2. The number of hydrogen-bond donors (Lipinski definition) is 1. The highest BCUT2D eigenvalue weighted by Crippen LogP contribution is 2.17. The highest BCUT2D eigenvalue weighted by Gasteiger charge is 2.24. The molecule has 88 valence electrons. The van der Waals surface area contributed by atoms with Gasteiger partial charge in [-0.05, 0) is 24.8 Å². The molecule has 0 aliphatic carbocycles. The zero-order chi connectivity index (χ0) is 11.5. The molecule has 0 spiro atoms.